The molecule has 1 aromatic heterocycles. The first-order valence-corrected chi connectivity index (χ1v) is 10.6. The van der Waals surface area contributed by atoms with Gasteiger partial charge in [-0.2, -0.15) is 5.26 Å². The van der Waals surface area contributed by atoms with E-state index in [9.17, 15) is 19.7 Å². The van der Waals surface area contributed by atoms with E-state index in [2.05, 4.69) is 5.32 Å². The zero-order valence-corrected chi connectivity index (χ0v) is 18.1. The Morgan fingerprint density at radius 2 is 1.74 bits per heavy atom. The summed E-state index contributed by atoms with van der Waals surface area (Å²) in [6.07, 6.45) is 0.583. The topological polar surface area (TPSA) is 118 Å². The summed E-state index contributed by atoms with van der Waals surface area (Å²) in [5.74, 6) is -0.588. The number of nitrogens with one attached hydrogen (secondary N) is 1. The first kappa shape index (κ1) is 22.4. The third-order valence-corrected chi connectivity index (χ3v) is 5.52. The summed E-state index contributed by atoms with van der Waals surface area (Å²) in [4.78, 5) is 37.4. The highest BCUT2D eigenvalue weighted by Crippen LogP contribution is 2.25. The molecule has 1 heterocycles. The van der Waals surface area contributed by atoms with Gasteiger partial charge in [0, 0.05) is 12.6 Å². The molecule has 0 bridgehead atoms. The van der Waals surface area contributed by atoms with Gasteiger partial charge in [0.05, 0.1) is 34.0 Å². The minimum atomic E-state index is -0.588. The van der Waals surface area contributed by atoms with Crippen LogP contribution < -0.4 is 10.9 Å². The maximum atomic E-state index is 13.3. The van der Waals surface area contributed by atoms with Crippen LogP contribution in [-0.2, 0) is 13.0 Å². The molecular weight excluding hydrogens is 432 g/mol. The number of nitrogens with zero attached hydrogens (tertiary/aromatic N) is 3. The minimum Gasteiger partial charge on any atom is -0.352 e. The van der Waals surface area contributed by atoms with Gasteiger partial charge >= 0.3 is 0 Å². The number of carbonyl (C=O) groups excluding carboxylic acids is 1. The minimum absolute atomic E-state index is 0.0906. The quantitative estimate of drug-likeness (QED) is 0.338. The fraction of sp³-hybridized carbons (Fsp3) is 0.115. The second-order valence-electron chi connectivity index (χ2n) is 7.72. The molecule has 8 heteroatoms. The lowest BCUT2D eigenvalue weighted by molar-refractivity contribution is -0.383. The zero-order valence-electron chi connectivity index (χ0n) is 18.1. The largest absolute Gasteiger partial charge is 0.352 e. The molecule has 168 valence electrons. The van der Waals surface area contributed by atoms with Gasteiger partial charge in [0.25, 0.3) is 17.2 Å². The Balaban J connectivity index is 1.73. The van der Waals surface area contributed by atoms with Gasteiger partial charge in [-0.15, -0.1) is 0 Å². The molecule has 4 aromatic rings. The van der Waals surface area contributed by atoms with Crippen molar-refractivity contribution in [2.75, 3.05) is 6.54 Å². The van der Waals surface area contributed by atoms with Gasteiger partial charge in [0.15, 0.2) is 0 Å². The molecular formula is C26H20N4O4. The number of carbonyl (C=O) groups is 1. The summed E-state index contributed by atoms with van der Waals surface area (Å²) >= 11 is 0. The summed E-state index contributed by atoms with van der Waals surface area (Å²) < 4.78 is 1.36. The first-order valence-electron chi connectivity index (χ1n) is 10.6. The van der Waals surface area contributed by atoms with E-state index in [1.54, 1.807) is 30.3 Å². The molecule has 0 fully saturated rings. The number of hydrogen-bond acceptors (Lipinski definition) is 5. The number of hydrogen-bond donors (Lipinski definition) is 1. The van der Waals surface area contributed by atoms with Crippen LogP contribution in [0.1, 0.15) is 27.0 Å². The molecule has 0 atom stereocenters. The van der Waals surface area contributed by atoms with Gasteiger partial charge in [0.2, 0.25) is 0 Å². The molecule has 0 spiro atoms. The van der Waals surface area contributed by atoms with Crippen molar-refractivity contribution in [2.45, 2.75) is 13.0 Å². The standard InChI is InChI=1S/C26H20N4O4/c27-16-19-9-11-20(12-10-19)17-29-23-7-4-8-24(30(33)34)21(23)15-22(26(29)32)25(31)28-14-13-18-5-2-1-3-6-18/h1-12,15H,13-14,17H2,(H,28,31). The Hall–Kier alpha value is -4.77. The monoisotopic (exact) mass is 452 g/mol. The molecule has 1 amide bonds. The van der Waals surface area contributed by atoms with Crippen LogP contribution in [0.2, 0.25) is 0 Å². The Morgan fingerprint density at radius 1 is 1.00 bits per heavy atom. The first-order chi connectivity index (χ1) is 16.5. The highest BCUT2D eigenvalue weighted by Gasteiger charge is 2.21. The number of benzene rings is 3. The van der Waals surface area contributed by atoms with Crippen LogP contribution >= 0.6 is 0 Å². The highest BCUT2D eigenvalue weighted by atomic mass is 16.6. The summed E-state index contributed by atoms with van der Waals surface area (Å²) in [6.45, 7) is 0.403. The van der Waals surface area contributed by atoms with Crippen molar-refractivity contribution in [3.63, 3.8) is 0 Å². The van der Waals surface area contributed by atoms with Crippen LogP contribution in [0.25, 0.3) is 10.9 Å². The van der Waals surface area contributed by atoms with E-state index in [4.69, 9.17) is 5.26 Å². The Kier molecular flexibility index (Phi) is 6.46. The third-order valence-electron chi connectivity index (χ3n) is 5.52. The molecule has 0 aliphatic carbocycles. The van der Waals surface area contributed by atoms with Crippen molar-refractivity contribution in [3.05, 3.63) is 122 Å². The van der Waals surface area contributed by atoms with E-state index < -0.39 is 16.4 Å². The van der Waals surface area contributed by atoms with Crippen molar-refractivity contribution in [2.24, 2.45) is 0 Å². The van der Waals surface area contributed by atoms with Crippen molar-refractivity contribution in [3.8, 4) is 6.07 Å². The van der Waals surface area contributed by atoms with Gasteiger partial charge in [-0.05, 0) is 41.8 Å². The molecule has 8 nitrogen and oxygen atoms in total. The molecule has 0 aliphatic rings. The predicted octanol–water partition coefficient (Wildman–Crippen LogP) is 3.80. The molecule has 0 saturated carbocycles. The lowest BCUT2D eigenvalue weighted by Crippen LogP contribution is -2.34. The number of amides is 1. The van der Waals surface area contributed by atoms with Crippen molar-refractivity contribution in [1.82, 2.24) is 9.88 Å². The molecule has 3 aromatic carbocycles. The molecule has 0 aliphatic heterocycles. The van der Waals surface area contributed by atoms with Crippen LogP contribution in [0.5, 0.6) is 0 Å². The molecule has 34 heavy (non-hydrogen) atoms. The van der Waals surface area contributed by atoms with Gasteiger partial charge in [-0.25, -0.2) is 0 Å². The predicted molar refractivity (Wildman–Crippen MR) is 128 cm³/mol. The third kappa shape index (κ3) is 4.69. The normalized spacial score (nSPS) is 10.6. The average Bonchev–Trinajstić information content (AvgIpc) is 2.86. The van der Waals surface area contributed by atoms with Gasteiger partial charge in [0.1, 0.15) is 5.56 Å². The fourth-order valence-corrected chi connectivity index (χ4v) is 3.79. The number of nitro benzene ring substituents is 1. The highest BCUT2D eigenvalue weighted by molar-refractivity contribution is 5.99. The molecule has 0 unspecified atom stereocenters. The lowest BCUT2D eigenvalue weighted by Gasteiger charge is -2.14. The van der Waals surface area contributed by atoms with E-state index in [-0.39, 0.29) is 23.2 Å². The average molecular weight is 452 g/mol. The Bertz CT molecular complexity index is 1470. The van der Waals surface area contributed by atoms with Crippen molar-refractivity contribution >= 4 is 22.5 Å². The second kappa shape index (κ2) is 9.79. The van der Waals surface area contributed by atoms with Gasteiger partial charge < -0.3 is 9.88 Å². The SMILES string of the molecule is N#Cc1ccc(Cn2c(=O)c(C(=O)NCCc3ccccc3)cc3c([N+](=O)[O-])cccc32)cc1. The van der Waals surface area contributed by atoms with Crippen LogP contribution in [0, 0.1) is 21.4 Å². The van der Waals surface area contributed by atoms with E-state index in [0.29, 0.717) is 24.0 Å². The maximum Gasteiger partial charge on any atom is 0.278 e. The zero-order chi connectivity index (χ0) is 24.1. The number of nitro groups is 1. The smallest absolute Gasteiger partial charge is 0.278 e. The Labute approximate surface area is 194 Å². The van der Waals surface area contributed by atoms with E-state index in [1.807, 2.05) is 36.4 Å². The van der Waals surface area contributed by atoms with Crippen LogP contribution in [0.4, 0.5) is 5.69 Å². The fourth-order valence-electron chi connectivity index (χ4n) is 3.79. The van der Waals surface area contributed by atoms with E-state index in [1.165, 1.54) is 22.8 Å². The van der Waals surface area contributed by atoms with Crippen LogP contribution in [0.3, 0.4) is 0 Å². The number of nitriles is 1. The molecule has 4 rings (SSSR count). The number of pyridine rings is 1. The summed E-state index contributed by atoms with van der Waals surface area (Å²) in [6, 6.07) is 24.1. The van der Waals surface area contributed by atoms with Gasteiger partial charge in [-0.3, -0.25) is 19.7 Å². The number of fused-ring (bicyclic) bond motifs is 1. The lowest BCUT2D eigenvalue weighted by atomic mass is 10.1. The number of rotatable bonds is 7. The molecule has 0 radical (unpaired) electrons. The van der Waals surface area contributed by atoms with Crippen LogP contribution in [-0.4, -0.2) is 21.9 Å². The van der Waals surface area contributed by atoms with Crippen molar-refractivity contribution in [1.29, 1.82) is 5.26 Å². The number of non-ortho nitro benzene ring substituents is 1. The maximum absolute atomic E-state index is 13.3. The van der Waals surface area contributed by atoms with Crippen LogP contribution in [0.15, 0.2) is 83.7 Å². The van der Waals surface area contributed by atoms with E-state index in [0.717, 1.165) is 11.1 Å². The molecule has 1 N–H and O–H groups in total. The Morgan fingerprint density at radius 3 is 2.41 bits per heavy atom. The summed E-state index contributed by atoms with van der Waals surface area (Å²) in [5, 5.41) is 23.6. The second-order valence-corrected chi connectivity index (χ2v) is 7.72. The summed E-state index contributed by atoms with van der Waals surface area (Å²) in [7, 11) is 0. The van der Waals surface area contributed by atoms with Gasteiger partial charge in [-0.1, -0.05) is 48.5 Å². The van der Waals surface area contributed by atoms with E-state index >= 15 is 0 Å². The van der Waals surface area contributed by atoms with Crippen molar-refractivity contribution < 1.29 is 9.72 Å². The number of aromatic nitrogens is 1. The molecule has 0 saturated heterocycles. The summed E-state index contributed by atoms with van der Waals surface area (Å²) in [5.41, 5.74) is 1.68.